The lowest BCUT2D eigenvalue weighted by Crippen LogP contribution is -2.46. The zero-order chi connectivity index (χ0) is 37.3. The molecule has 6 nitrogen and oxygen atoms in total. The lowest BCUT2D eigenvalue weighted by Gasteiger charge is -2.26. The number of carbonyl (C=O) groups is 1. The first-order chi connectivity index (χ1) is 25.1. The highest BCUT2D eigenvalue weighted by atomic mass is 16.6. The minimum atomic E-state index is -0.778. The van der Waals surface area contributed by atoms with E-state index in [9.17, 15) is 4.79 Å². The molecule has 0 aromatic carbocycles. The van der Waals surface area contributed by atoms with Gasteiger partial charge in [0.15, 0.2) is 6.10 Å². The normalized spacial score (nSPS) is 13.3. The molecule has 0 aromatic heterocycles. The van der Waals surface area contributed by atoms with Crippen LogP contribution in [-0.4, -0.2) is 69.6 Å². The Labute approximate surface area is 318 Å². The van der Waals surface area contributed by atoms with Gasteiger partial charge >= 0.3 is 0 Å². The maximum atomic E-state index is 12.4. The van der Waals surface area contributed by atoms with Gasteiger partial charge < -0.3 is 24.8 Å². The van der Waals surface area contributed by atoms with Gasteiger partial charge in [-0.25, -0.2) is 0 Å². The largest absolute Gasteiger partial charge is 0.379 e. The van der Waals surface area contributed by atoms with Crippen molar-refractivity contribution < 1.29 is 19.0 Å². The highest BCUT2D eigenvalue weighted by molar-refractivity contribution is 5.79. The van der Waals surface area contributed by atoms with Crippen molar-refractivity contribution in [3.63, 3.8) is 0 Å². The summed E-state index contributed by atoms with van der Waals surface area (Å²) in [6.45, 7) is 10.5. The molecular weight excluding hydrogens is 633 g/mol. The van der Waals surface area contributed by atoms with Gasteiger partial charge in [-0.05, 0) is 77.8 Å². The van der Waals surface area contributed by atoms with Gasteiger partial charge in [-0.2, -0.15) is 0 Å². The molecule has 0 aliphatic heterocycles. The topological polar surface area (TPSA) is 74.0 Å². The van der Waals surface area contributed by atoms with E-state index < -0.39 is 18.1 Å². The van der Waals surface area contributed by atoms with E-state index in [-0.39, 0.29) is 0 Å². The summed E-state index contributed by atoms with van der Waals surface area (Å²) in [5.41, 5.74) is 5.82. The Hall–Kier alpha value is -1.21. The van der Waals surface area contributed by atoms with Gasteiger partial charge in [0.2, 0.25) is 5.91 Å². The molecule has 0 saturated heterocycles. The van der Waals surface area contributed by atoms with Crippen LogP contribution in [0.5, 0.6) is 0 Å². The summed E-state index contributed by atoms with van der Waals surface area (Å²) in [6, 6.07) is 0. The number of carbonyl (C=O) groups excluding carboxylic acids is 1. The van der Waals surface area contributed by atoms with E-state index in [1.807, 2.05) is 0 Å². The molecule has 0 saturated carbocycles. The van der Waals surface area contributed by atoms with Crippen LogP contribution in [0.1, 0.15) is 201 Å². The molecule has 51 heavy (non-hydrogen) atoms. The molecule has 0 aromatic rings. The molecule has 0 rings (SSSR count). The van der Waals surface area contributed by atoms with Gasteiger partial charge in [0.25, 0.3) is 0 Å². The quantitative estimate of drug-likeness (QED) is 0.0502. The van der Waals surface area contributed by atoms with Crippen molar-refractivity contribution in [2.45, 2.75) is 213 Å². The van der Waals surface area contributed by atoms with E-state index in [0.29, 0.717) is 26.4 Å². The van der Waals surface area contributed by atoms with Crippen molar-refractivity contribution in [3.8, 4) is 0 Å². The van der Waals surface area contributed by atoms with Crippen LogP contribution < -0.4 is 5.73 Å². The summed E-state index contributed by atoms with van der Waals surface area (Å²) in [5, 5.41) is 0. The minimum absolute atomic E-state index is 0.335. The third kappa shape index (κ3) is 36.9. The monoisotopic (exact) mass is 721 g/mol. The van der Waals surface area contributed by atoms with Crippen LogP contribution in [0.4, 0.5) is 0 Å². The Morgan fingerprint density at radius 1 is 0.529 bits per heavy atom. The molecule has 0 bridgehead atoms. The van der Waals surface area contributed by atoms with Gasteiger partial charge in [0.1, 0.15) is 6.10 Å². The number of rotatable bonds is 42. The lowest BCUT2D eigenvalue weighted by molar-refractivity contribution is -0.148. The Morgan fingerprint density at radius 3 is 1.33 bits per heavy atom. The number of ether oxygens (including phenoxy) is 3. The zero-order valence-corrected chi connectivity index (χ0v) is 34.7. The summed E-state index contributed by atoms with van der Waals surface area (Å²) in [4.78, 5) is 14.6. The standard InChI is InChI=1S/C45H88N2O4/c1-5-8-10-12-14-16-18-20-22-24-26-28-30-32-34-36-39-49-42-43(50-41-38-47(4)7-3)44(45(46)48)51-40-37-35-33-31-29-27-25-23-21-19-17-15-13-11-9-6-2/h20-23,43-44H,5-19,24-42H2,1-4H3,(H2,46,48)/b22-20-,23-21-. The number of unbranched alkanes of at least 4 members (excludes halogenated alkanes) is 24. The third-order valence-corrected chi connectivity index (χ3v) is 10.00. The molecule has 0 radical (unpaired) electrons. The van der Waals surface area contributed by atoms with Crippen molar-refractivity contribution in [1.29, 1.82) is 0 Å². The summed E-state index contributed by atoms with van der Waals surface area (Å²) >= 11 is 0. The first-order valence-corrected chi connectivity index (χ1v) is 22.1. The molecule has 0 aliphatic carbocycles. The molecule has 2 unspecified atom stereocenters. The Kier molecular flexibility index (Phi) is 40.6. The van der Waals surface area contributed by atoms with Crippen LogP contribution in [0.25, 0.3) is 0 Å². The molecule has 0 heterocycles. The maximum absolute atomic E-state index is 12.4. The van der Waals surface area contributed by atoms with Crippen LogP contribution in [0, 0.1) is 0 Å². The fourth-order valence-electron chi connectivity index (χ4n) is 6.32. The number of allylic oxidation sites excluding steroid dienone is 4. The molecule has 2 N–H and O–H groups in total. The molecule has 0 spiro atoms. The smallest absolute Gasteiger partial charge is 0.249 e. The average molecular weight is 721 g/mol. The lowest BCUT2D eigenvalue weighted by atomic mass is 10.1. The highest BCUT2D eigenvalue weighted by Crippen LogP contribution is 2.14. The van der Waals surface area contributed by atoms with E-state index in [1.165, 1.54) is 161 Å². The summed E-state index contributed by atoms with van der Waals surface area (Å²) in [5.74, 6) is -0.464. The van der Waals surface area contributed by atoms with Gasteiger partial charge in [0, 0.05) is 19.8 Å². The number of hydrogen-bond donors (Lipinski definition) is 1. The molecule has 6 heteroatoms. The van der Waals surface area contributed by atoms with Crippen molar-refractivity contribution in [3.05, 3.63) is 24.3 Å². The first kappa shape index (κ1) is 49.8. The Morgan fingerprint density at radius 2 is 0.922 bits per heavy atom. The SMILES string of the molecule is CCCCCCCC/C=C\CCCCCCCCOCC(OCCN(C)CC)C(OCCCCCCCC/C=C\CCCCCCCC)C(N)=O. The van der Waals surface area contributed by atoms with Crippen LogP contribution in [0.2, 0.25) is 0 Å². The number of primary amides is 1. The van der Waals surface area contributed by atoms with E-state index in [4.69, 9.17) is 19.9 Å². The maximum Gasteiger partial charge on any atom is 0.249 e. The van der Waals surface area contributed by atoms with E-state index in [2.05, 4.69) is 57.0 Å². The summed E-state index contributed by atoms with van der Waals surface area (Å²) in [6.07, 6.45) is 44.1. The molecule has 302 valence electrons. The van der Waals surface area contributed by atoms with Crippen LogP contribution in [0.3, 0.4) is 0 Å². The average Bonchev–Trinajstić information content (AvgIpc) is 3.13. The van der Waals surface area contributed by atoms with E-state index >= 15 is 0 Å². The fraction of sp³-hybridized carbons (Fsp3) is 0.889. The number of nitrogens with zero attached hydrogens (tertiary/aromatic N) is 1. The number of amides is 1. The van der Waals surface area contributed by atoms with Gasteiger partial charge in [-0.1, -0.05) is 161 Å². The summed E-state index contributed by atoms with van der Waals surface area (Å²) < 4.78 is 18.2. The number of hydrogen-bond acceptors (Lipinski definition) is 5. The molecule has 0 fully saturated rings. The predicted molar refractivity (Wildman–Crippen MR) is 222 cm³/mol. The second kappa shape index (κ2) is 41.5. The molecule has 0 aliphatic rings. The molecule has 2 atom stereocenters. The zero-order valence-electron chi connectivity index (χ0n) is 34.7. The first-order valence-electron chi connectivity index (χ1n) is 22.1. The Bertz CT molecular complexity index is 758. The Balaban J connectivity index is 4.10. The van der Waals surface area contributed by atoms with Gasteiger partial charge in [0.05, 0.1) is 13.2 Å². The van der Waals surface area contributed by atoms with Crippen LogP contribution >= 0.6 is 0 Å². The second-order valence-corrected chi connectivity index (χ2v) is 14.9. The molecular formula is C45H88N2O4. The van der Waals surface area contributed by atoms with Crippen molar-refractivity contribution in [2.24, 2.45) is 5.73 Å². The second-order valence-electron chi connectivity index (χ2n) is 14.9. The third-order valence-electron chi connectivity index (χ3n) is 10.00. The van der Waals surface area contributed by atoms with Crippen molar-refractivity contribution >= 4 is 5.91 Å². The molecule has 1 amide bonds. The number of nitrogens with two attached hydrogens (primary N) is 1. The fourth-order valence-corrected chi connectivity index (χ4v) is 6.32. The van der Waals surface area contributed by atoms with E-state index in [1.54, 1.807) is 0 Å². The van der Waals surface area contributed by atoms with Crippen LogP contribution in [-0.2, 0) is 19.0 Å². The minimum Gasteiger partial charge on any atom is -0.379 e. The predicted octanol–water partition coefficient (Wildman–Crippen LogP) is 12.3. The van der Waals surface area contributed by atoms with Crippen molar-refractivity contribution in [1.82, 2.24) is 4.90 Å². The number of likely N-dealkylation sites (N-methyl/N-ethyl adjacent to an activating group) is 1. The summed E-state index contributed by atoms with van der Waals surface area (Å²) in [7, 11) is 2.07. The highest BCUT2D eigenvalue weighted by Gasteiger charge is 2.28. The van der Waals surface area contributed by atoms with Gasteiger partial charge in [-0.3, -0.25) is 4.79 Å². The van der Waals surface area contributed by atoms with Crippen molar-refractivity contribution in [2.75, 3.05) is 46.6 Å². The van der Waals surface area contributed by atoms with Crippen LogP contribution in [0.15, 0.2) is 24.3 Å². The van der Waals surface area contributed by atoms with Gasteiger partial charge in [-0.15, -0.1) is 0 Å². The van der Waals surface area contributed by atoms with E-state index in [0.717, 1.165) is 32.4 Å².